The van der Waals surface area contributed by atoms with Crippen LogP contribution in [0.3, 0.4) is 0 Å². The number of ether oxygens (including phenoxy) is 1. The van der Waals surface area contributed by atoms with Crippen LogP contribution in [0.25, 0.3) is 0 Å². The van der Waals surface area contributed by atoms with E-state index < -0.39 is 0 Å². The van der Waals surface area contributed by atoms with Gasteiger partial charge in [-0.25, -0.2) is 4.98 Å². The molecular formula is C11H19N3O2S. The average Bonchev–Trinajstić information content (AvgIpc) is 2.72. The van der Waals surface area contributed by atoms with Crippen molar-refractivity contribution in [1.29, 1.82) is 0 Å². The van der Waals surface area contributed by atoms with Gasteiger partial charge in [0.05, 0.1) is 17.5 Å². The normalized spacial score (nSPS) is 12.4. The molecule has 0 saturated carbocycles. The summed E-state index contributed by atoms with van der Waals surface area (Å²) in [5, 5.41) is 5.88. The van der Waals surface area contributed by atoms with Crippen molar-refractivity contribution in [2.24, 2.45) is 5.73 Å². The summed E-state index contributed by atoms with van der Waals surface area (Å²) in [4.78, 5) is 15.8. The second kappa shape index (κ2) is 7.37. The minimum absolute atomic E-state index is 0.0319. The summed E-state index contributed by atoms with van der Waals surface area (Å²) >= 11 is 1.62. The molecule has 1 heterocycles. The molecule has 1 unspecified atom stereocenters. The highest BCUT2D eigenvalue weighted by molar-refractivity contribution is 7.09. The van der Waals surface area contributed by atoms with Gasteiger partial charge in [0.2, 0.25) is 5.91 Å². The number of thiazole rings is 1. The molecule has 1 rings (SSSR count). The number of methoxy groups -OCH3 is 1. The number of carbonyl (C=O) groups is 1. The van der Waals surface area contributed by atoms with Crippen LogP contribution in [0.5, 0.6) is 0 Å². The van der Waals surface area contributed by atoms with Gasteiger partial charge >= 0.3 is 0 Å². The molecule has 5 nitrogen and oxygen atoms in total. The van der Waals surface area contributed by atoms with Crippen LogP contribution in [0.2, 0.25) is 0 Å². The Morgan fingerprint density at radius 3 is 3.00 bits per heavy atom. The van der Waals surface area contributed by atoms with Gasteiger partial charge in [-0.1, -0.05) is 0 Å². The molecule has 0 radical (unpaired) electrons. The van der Waals surface area contributed by atoms with Gasteiger partial charge in [-0.2, -0.15) is 0 Å². The molecule has 1 aromatic rings. The maximum absolute atomic E-state index is 11.5. The molecule has 0 saturated heterocycles. The average molecular weight is 257 g/mol. The lowest BCUT2D eigenvalue weighted by atomic mass is 10.2. The van der Waals surface area contributed by atoms with E-state index in [0.717, 1.165) is 17.1 Å². The highest BCUT2D eigenvalue weighted by Crippen LogP contribution is 2.08. The SMILES string of the molecule is COC(CN)CC(=O)NCCc1nc(C)cs1. The molecule has 1 aromatic heterocycles. The fraction of sp³-hybridized carbons (Fsp3) is 0.636. The first-order valence-corrected chi connectivity index (χ1v) is 6.44. The Kier molecular flexibility index (Phi) is 6.10. The third-order valence-electron chi connectivity index (χ3n) is 2.34. The summed E-state index contributed by atoms with van der Waals surface area (Å²) in [7, 11) is 1.56. The monoisotopic (exact) mass is 257 g/mol. The second-order valence-electron chi connectivity index (χ2n) is 3.78. The molecule has 0 fully saturated rings. The number of aryl methyl sites for hydroxylation is 1. The number of carbonyl (C=O) groups excluding carboxylic acids is 1. The lowest BCUT2D eigenvalue weighted by Gasteiger charge is -2.12. The van der Waals surface area contributed by atoms with Crippen LogP contribution in [0.15, 0.2) is 5.38 Å². The maximum Gasteiger partial charge on any atom is 0.222 e. The van der Waals surface area contributed by atoms with Gasteiger partial charge in [0.25, 0.3) is 0 Å². The number of nitrogens with zero attached hydrogens (tertiary/aromatic N) is 1. The van der Waals surface area contributed by atoms with Gasteiger partial charge in [0, 0.05) is 37.7 Å². The van der Waals surface area contributed by atoms with Crippen LogP contribution < -0.4 is 11.1 Å². The van der Waals surface area contributed by atoms with Crippen molar-refractivity contribution in [2.45, 2.75) is 25.9 Å². The van der Waals surface area contributed by atoms with Gasteiger partial charge in [-0.15, -0.1) is 11.3 Å². The fourth-order valence-electron chi connectivity index (χ4n) is 1.37. The number of nitrogens with two attached hydrogens (primary N) is 1. The molecule has 6 heteroatoms. The minimum atomic E-state index is -0.197. The molecule has 0 aliphatic rings. The first-order chi connectivity index (χ1) is 8.15. The smallest absolute Gasteiger partial charge is 0.222 e. The first kappa shape index (κ1) is 14.1. The number of amides is 1. The van der Waals surface area contributed by atoms with Gasteiger partial charge in [-0.05, 0) is 6.92 Å². The van der Waals surface area contributed by atoms with E-state index in [0.29, 0.717) is 19.5 Å². The molecule has 0 bridgehead atoms. The third kappa shape index (κ3) is 5.25. The van der Waals surface area contributed by atoms with Crippen LogP contribution in [-0.2, 0) is 16.0 Å². The number of aromatic nitrogens is 1. The minimum Gasteiger partial charge on any atom is -0.380 e. The number of nitrogens with one attached hydrogen (secondary N) is 1. The zero-order valence-electron chi connectivity index (χ0n) is 10.2. The largest absolute Gasteiger partial charge is 0.380 e. The molecule has 96 valence electrons. The molecule has 0 aromatic carbocycles. The zero-order valence-corrected chi connectivity index (χ0v) is 11.0. The Morgan fingerprint density at radius 2 is 2.47 bits per heavy atom. The van der Waals surface area contributed by atoms with Gasteiger partial charge in [0.15, 0.2) is 0 Å². The fourth-order valence-corrected chi connectivity index (χ4v) is 2.14. The van der Waals surface area contributed by atoms with E-state index in [1.165, 1.54) is 0 Å². The molecular weight excluding hydrogens is 238 g/mol. The summed E-state index contributed by atoms with van der Waals surface area (Å²) in [6.07, 6.45) is 0.881. The molecule has 0 aliphatic carbocycles. The number of hydrogen-bond acceptors (Lipinski definition) is 5. The van der Waals surface area contributed by atoms with Crippen LogP contribution >= 0.6 is 11.3 Å². The highest BCUT2D eigenvalue weighted by atomic mass is 32.1. The van der Waals surface area contributed by atoms with Crippen molar-refractivity contribution in [2.75, 3.05) is 20.2 Å². The molecule has 1 amide bonds. The molecule has 0 aliphatic heterocycles. The van der Waals surface area contributed by atoms with Gasteiger partial charge in [0.1, 0.15) is 0 Å². The molecule has 0 spiro atoms. The summed E-state index contributed by atoms with van der Waals surface area (Å²) < 4.78 is 5.04. The Labute approximate surface area is 105 Å². The predicted molar refractivity (Wildman–Crippen MR) is 68.0 cm³/mol. The van der Waals surface area contributed by atoms with E-state index in [9.17, 15) is 4.79 Å². The van der Waals surface area contributed by atoms with E-state index in [2.05, 4.69) is 10.3 Å². The highest BCUT2D eigenvalue weighted by Gasteiger charge is 2.10. The quantitative estimate of drug-likeness (QED) is 0.744. The lowest BCUT2D eigenvalue weighted by molar-refractivity contribution is -0.123. The standard InChI is InChI=1S/C11H19N3O2S/c1-8-7-17-11(14-8)3-4-13-10(15)5-9(6-12)16-2/h7,9H,3-6,12H2,1-2H3,(H,13,15). The zero-order chi connectivity index (χ0) is 12.7. The van der Waals surface area contributed by atoms with Crippen molar-refractivity contribution >= 4 is 17.2 Å². The Balaban J connectivity index is 2.20. The summed E-state index contributed by atoms with van der Waals surface area (Å²) in [6, 6.07) is 0. The Bertz CT molecular complexity index is 350. The molecule has 3 N–H and O–H groups in total. The number of rotatable bonds is 7. The molecule has 17 heavy (non-hydrogen) atoms. The van der Waals surface area contributed by atoms with E-state index in [-0.39, 0.29) is 12.0 Å². The lowest BCUT2D eigenvalue weighted by Crippen LogP contribution is -2.33. The van der Waals surface area contributed by atoms with Crippen molar-refractivity contribution in [3.05, 3.63) is 16.1 Å². The first-order valence-electron chi connectivity index (χ1n) is 5.56. The van der Waals surface area contributed by atoms with Crippen molar-refractivity contribution in [3.8, 4) is 0 Å². The van der Waals surface area contributed by atoms with Crippen LogP contribution in [0.1, 0.15) is 17.1 Å². The van der Waals surface area contributed by atoms with Crippen LogP contribution in [0.4, 0.5) is 0 Å². The maximum atomic E-state index is 11.5. The molecule has 1 atom stereocenters. The Hall–Kier alpha value is -0.980. The van der Waals surface area contributed by atoms with Crippen LogP contribution in [-0.4, -0.2) is 37.2 Å². The van der Waals surface area contributed by atoms with Crippen molar-refractivity contribution in [1.82, 2.24) is 10.3 Å². The van der Waals surface area contributed by atoms with E-state index >= 15 is 0 Å². The van der Waals surface area contributed by atoms with E-state index in [4.69, 9.17) is 10.5 Å². The Morgan fingerprint density at radius 1 is 1.71 bits per heavy atom. The summed E-state index contributed by atoms with van der Waals surface area (Å²) in [5.74, 6) is -0.0319. The van der Waals surface area contributed by atoms with Crippen molar-refractivity contribution in [3.63, 3.8) is 0 Å². The van der Waals surface area contributed by atoms with E-state index in [1.807, 2.05) is 12.3 Å². The second-order valence-corrected chi connectivity index (χ2v) is 4.72. The van der Waals surface area contributed by atoms with Crippen molar-refractivity contribution < 1.29 is 9.53 Å². The van der Waals surface area contributed by atoms with Crippen LogP contribution in [0, 0.1) is 6.92 Å². The topological polar surface area (TPSA) is 77.2 Å². The third-order valence-corrected chi connectivity index (χ3v) is 3.36. The van der Waals surface area contributed by atoms with Gasteiger partial charge in [-0.3, -0.25) is 4.79 Å². The van der Waals surface area contributed by atoms with E-state index in [1.54, 1.807) is 18.4 Å². The van der Waals surface area contributed by atoms with Gasteiger partial charge < -0.3 is 15.8 Å². The summed E-state index contributed by atoms with van der Waals surface area (Å²) in [6.45, 7) is 2.92. The predicted octanol–water partition coefficient (Wildman–Crippen LogP) is 0.474. The summed E-state index contributed by atoms with van der Waals surface area (Å²) in [5.41, 5.74) is 6.47. The number of hydrogen-bond donors (Lipinski definition) is 2.